The number of carbonyl (C=O) groups is 1. The van der Waals surface area contributed by atoms with Gasteiger partial charge in [0.15, 0.2) is 0 Å². The molecule has 0 radical (unpaired) electrons. The maximum Gasteiger partial charge on any atom is 0.312 e. The molecule has 184 valence electrons. The largest absolute Gasteiger partial charge is 0.508 e. The lowest BCUT2D eigenvalue weighted by Gasteiger charge is -2.38. The van der Waals surface area contributed by atoms with Crippen molar-refractivity contribution in [2.24, 2.45) is 5.41 Å². The fourth-order valence-corrected chi connectivity index (χ4v) is 3.63. The lowest BCUT2D eigenvalue weighted by molar-refractivity contribution is -0.171. The molecule has 0 aliphatic heterocycles. The number of ether oxygens (including phenoxy) is 1. The number of hydrogen-bond donors (Lipinski definition) is 2. The summed E-state index contributed by atoms with van der Waals surface area (Å²) in [6.07, 6.45) is 1.25. The Morgan fingerprint density at radius 1 is 0.812 bits per heavy atom. The highest BCUT2D eigenvalue weighted by Crippen LogP contribution is 2.41. The third-order valence-corrected chi connectivity index (χ3v) is 5.64. The molecule has 0 aromatic heterocycles. The summed E-state index contributed by atoms with van der Waals surface area (Å²) in [5, 5.41) is 19.3. The molecule has 1 unspecified atom stereocenters. The number of hydrogen-bond acceptors (Lipinski definition) is 4. The van der Waals surface area contributed by atoms with Crippen LogP contribution in [-0.4, -0.2) is 16.2 Å². The third-order valence-electron chi connectivity index (χ3n) is 5.64. The van der Waals surface area contributed by atoms with Crippen LogP contribution in [0.2, 0.25) is 0 Å². The smallest absolute Gasteiger partial charge is 0.312 e. The molecule has 32 heavy (non-hydrogen) atoms. The van der Waals surface area contributed by atoms with Crippen LogP contribution >= 0.6 is 0 Å². The molecule has 0 bridgehead atoms. The van der Waals surface area contributed by atoms with Crippen molar-refractivity contribution in [2.45, 2.75) is 95.1 Å². The lowest BCUT2D eigenvalue weighted by atomic mass is 9.69. The number of rotatable bonds is 7. The second-order valence-corrected chi connectivity index (χ2v) is 8.97. The average molecular weight is 449 g/mol. The summed E-state index contributed by atoms with van der Waals surface area (Å²) in [7, 11) is 0. The van der Waals surface area contributed by atoms with E-state index in [9.17, 15) is 15.0 Å². The van der Waals surface area contributed by atoms with E-state index in [2.05, 4.69) is 13.8 Å². The van der Waals surface area contributed by atoms with Gasteiger partial charge in [0.2, 0.25) is 0 Å². The van der Waals surface area contributed by atoms with E-state index in [0.29, 0.717) is 12.8 Å². The summed E-state index contributed by atoms with van der Waals surface area (Å²) < 4.78 is 5.95. The predicted molar refractivity (Wildman–Crippen MR) is 138 cm³/mol. The van der Waals surface area contributed by atoms with Gasteiger partial charge in [-0.1, -0.05) is 74.7 Å². The monoisotopic (exact) mass is 448 g/mol. The van der Waals surface area contributed by atoms with Gasteiger partial charge in [0.1, 0.15) is 17.1 Å². The van der Waals surface area contributed by atoms with Gasteiger partial charge in [0.25, 0.3) is 0 Å². The van der Waals surface area contributed by atoms with Gasteiger partial charge in [-0.05, 0) is 74.4 Å². The van der Waals surface area contributed by atoms with Crippen molar-refractivity contribution in [3.8, 4) is 11.5 Å². The van der Waals surface area contributed by atoms with Crippen molar-refractivity contribution >= 4 is 5.97 Å². The average Bonchev–Trinajstić information content (AvgIpc) is 2.61. The van der Waals surface area contributed by atoms with Gasteiger partial charge in [-0.2, -0.15) is 0 Å². The minimum atomic E-state index is -0.852. The number of esters is 1. The van der Waals surface area contributed by atoms with Crippen LogP contribution in [0.15, 0.2) is 48.5 Å². The molecular weight excluding hydrogens is 400 g/mol. The Morgan fingerprint density at radius 2 is 1.34 bits per heavy atom. The zero-order valence-electron chi connectivity index (χ0n) is 17.7. The van der Waals surface area contributed by atoms with Crippen LogP contribution < -0.4 is 0 Å². The molecule has 1 atom stereocenters. The first kappa shape index (κ1) is 34.1. The van der Waals surface area contributed by atoms with E-state index in [1.54, 1.807) is 30.3 Å². The zero-order chi connectivity index (χ0) is 21.2. The molecule has 0 spiro atoms. The fraction of sp³-hybridized carbons (Fsp3) is 0.536. The minimum absolute atomic E-state index is 0. The topological polar surface area (TPSA) is 66.8 Å². The van der Waals surface area contributed by atoms with Crippen LogP contribution in [0.25, 0.3) is 0 Å². The molecule has 0 saturated carbocycles. The van der Waals surface area contributed by atoms with E-state index < -0.39 is 11.0 Å². The zero-order valence-corrected chi connectivity index (χ0v) is 17.7. The summed E-state index contributed by atoms with van der Waals surface area (Å²) in [6, 6.07) is 13.9. The quantitative estimate of drug-likeness (QED) is 0.419. The Labute approximate surface area is 197 Å². The molecule has 2 aromatic carbocycles. The van der Waals surface area contributed by atoms with E-state index in [4.69, 9.17) is 4.74 Å². The maximum atomic E-state index is 13.2. The Hall–Kier alpha value is -2.49. The summed E-state index contributed by atoms with van der Waals surface area (Å²) in [4.78, 5) is 13.2. The first-order chi connectivity index (χ1) is 12.9. The van der Waals surface area contributed by atoms with E-state index in [1.165, 1.54) is 0 Å². The summed E-state index contributed by atoms with van der Waals surface area (Å²) in [5.41, 5.74) is 0.0129. The molecule has 2 rings (SSSR count). The Bertz CT molecular complexity index is 822. The van der Waals surface area contributed by atoms with E-state index in [-0.39, 0.29) is 52.6 Å². The molecule has 4 nitrogen and oxygen atoms in total. The van der Waals surface area contributed by atoms with Gasteiger partial charge in [0.05, 0.1) is 5.41 Å². The van der Waals surface area contributed by atoms with Crippen LogP contribution in [0, 0.1) is 5.41 Å². The second kappa shape index (κ2) is 12.5. The van der Waals surface area contributed by atoms with E-state index in [0.717, 1.165) is 11.1 Å². The first-order valence-corrected chi connectivity index (χ1v) is 9.72. The highest BCUT2D eigenvalue weighted by molar-refractivity contribution is 5.77. The predicted octanol–water partition coefficient (Wildman–Crippen LogP) is 8.20. The second-order valence-electron chi connectivity index (χ2n) is 8.97. The molecule has 0 saturated heterocycles. The van der Waals surface area contributed by atoms with Crippen molar-refractivity contribution in [3.63, 3.8) is 0 Å². The van der Waals surface area contributed by atoms with Crippen molar-refractivity contribution in [2.75, 3.05) is 0 Å². The van der Waals surface area contributed by atoms with Crippen LogP contribution in [-0.2, 0) is 20.5 Å². The van der Waals surface area contributed by atoms with Crippen molar-refractivity contribution in [3.05, 3.63) is 59.7 Å². The fourth-order valence-electron chi connectivity index (χ4n) is 3.63. The molecule has 0 aliphatic carbocycles. The summed E-state index contributed by atoms with van der Waals surface area (Å²) in [5.74, 6) is 0.119. The molecule has 2 aromatic rings. The molecule has 0 fully saturated rings. The van der Waals surface area contributed by atoms with Gasteiger partial charge in [0, 0.05) is 0 Å². The van der Waals surface area contributed by atoms with Gasteiger partial charge < -0.3 is 14.9 Å². The Kier molecular flexibility index (Phi) is 13.4. The maximum absolute atomic E-state index is 13.2. The van der Waals surface area contributed by atoms with Gasteiger partial charge >= 0.3 is 5.97 Å². The Balaban J connectivity index is -0.00000210. The SMILES string of the molecule is C.C.C.C.CCC(C)(CC(C)(C)c1ccc(O)cc1)C(=O)OC(C)(C)c1cccc(O)c1. The highest BCUT2D eigenvalue weighted by atomic mass is 16.6. The summed E-state index contributed by atoms with van der Waals surface area (Å²) >= 11 is 0. The van der Waals surface area contributed by atoms with E-state index >= 15 is 0 Å². The molecular formula is C28H48O4. The number of carbonyl (C=O) groups excluding carboxylic acids is 1. The third kappa shape index (κ3) is 7.89. The standard InChI is InChI=1S/C24H32O4.4CH4/c1-7-24(6,16-22(2,3)17-11-13-19(25)14-12-17)21(27)28-23(4,5)18-9-8-10-20(26)15-18;;;;/h8-15,25-26H,7,16H2,1-6H3;4*1H4. The van der Waals surface area contributed by atoms with Crippen LogP contribution in [0.4, 0.5) is 0 Å². The summed E-state index contributed by atoms with van der Waals surface area (Å²) in [6.45, 7) is 11.8. The van der Waals surface area contributed by atoms with Crippen molar-refractivity contribution < 1.29 is 19.7 Å². The normalized spacial score (nSPS) is 12.6. The van der Waals surface area contributed by atoms with E-state index in [1.807, 2.05) is 45.9 Å². The number of phenols is 2. The Morgan fingerprint density at radius 3 is 1.81 bits per heavy atom. The van der Waals surface area contributed by atoms with Crippen LogP contribution in [0.1, 0.15) is 95.2 Å². The van der Waals surface area contributed by atoms with Crippen LogP contribution in [0.5, 0.6) is 11.5 Å². The van der Waals surface area contributed by atoms with Gasteiger partial charge in [-0.25, -0.2) is 0 Å². The first-order valence-electron chi connectivity index (χ1n) is 9.72. The number of aromatic hydroxyl groups is 2. The lowest BCUT2D eigenvalue weighted by Crippen LogP contribution is -2.39. The molecule has 2 N–H and O–H groups in total. The van der Waals surface area contributed by atoms with Crippen LogP contribution in [0.3, 0.4) is 0 Å². The van der Waals surface area contributed by atoms with Crippen molar-refractivity contribution in [1.29, 1.82) is 0 Å². The molecule has 0 aliphatic rings. The number of phenolic OH excluding ortho intramolecular Hbond substituents is 2. The van der Waals surface area contributed by atoms with Crippen molar-refractivity contribution in [1.82, 2.24) is 0 Å². The molecule has 0 heterocycles. The van der Waals surface area contributed by atoms with Gasteiger partial charge in [-0.15, -0.1) is 0 Å². The number of benzene rings is 2. The minimum Gasteiger partial charge on any atom is -0.508 e. The highest BCUT2D eigenvalue weighted by Gasteiger charge is 2.42. The van der Waals surface area contributed by atoms with Gasteiger partial charge in [-0.3, -0.25) is 4.79 Å². The molecule has 0 amide bonds. The molecule has 4 heteroatoms.